The summed E-state index contributed by atoms with van der Waals surface area (Å²) in [7, 11) is 0.925. The van der Waals surface area contributed by atoms with Gasteiger partial charge in [-0.3, -0.25) is 4.79 Å². The van der Waals surface area contributed by atoms with Crippen molar-refractivity contribution in [3.05, 3.63) is 0 Å². The molecule has 0 aromatic heterocycles. The van der Waals surface area contributed by atoms with Crippen LogP contribution in [0.25, 0.3) is 0 Å². The highest BCUT2D eigenvalue weighted by Gasteiger charge is 2.27. The van der Waals surface area contributed by atoms with Gasteiger partial charge < -0.3 is 18.9 Å². The standard InChI is InChI=1S/C11H22O5Si/c1-9(12)16-11(2,15-8-17)4-3-5-13-6-10-7-14-10/h10H,3-8H2,1-2,17H3. The minimum Gasteiger partial charge on any atom is -0.434 e. The molecule has 0 bridgehead atoms. The van der Waals surface area contributed by atoms with Crippen LogP contribution in [-0.2, 0) is 23.7 Å². The fraction of sp³-hybridized carbons (Fsp3) is 0.909. The summed E-state index contributed by atoms with van der Waals surface area (Å²) in [5.41, 5.74) is 0. The van der Waals surface area contributed by atoms with Crippen LogP contribution in [-0.4, -0.2) is 54.2 Å². The molecule has 1 aliphatic rings. The number of rotatable bonds is 9. The molecular weight excluding hydrogens is 240 g/mol. The van der Waals surface area contributed by atoms with E-state index in [1.165, 1.54) is 6.92 Å². The molecule has 100 valence electrons. The summed E-state index contributed by atoms with van der Waals surface area (Å²) in [4.78, 5) is 11.0. The predicted molar refractivity (Wildman–Crippen MR) is 65.9 cm³/mol. The Morgan fingerprint density at radius 2 is 2.29 bits per heavy atom. The maximum atomic E-state index is 11.0. The van der Waals surface area contributed by atoms with E-state index in [1.807, 2.05) is 0 Å². The largest absolute Gasteiger partial charge is 0.434 e. The molecule has 0 aromatic carbocycles. The van der Waals surface area contributed by atoms with E-state index in [-0.39, 0.29) is 5.97 Å². The first-order valence-electron chi connectivity index (χ1n) is 6.08. The Bertz CT molecular complexity index is 244. The van der Waals surface area contributed by atoms with Gasteiger partial charge in [0.25, 0.3) is 0 Å². The summed E-state index contributed by atoms with van der Waals surface area (Å²) in [6.45, 7) is 5.31. The molecule has 0 aromatic rings. The Kier molecular flexibility index (Phi) is 6.11. The zero-order valence-electron chi connectivity index (χ0n) is 10.9. The lowest BCUT2D eigenvalue weighted by atomic mass is 10.2. The number of esters is 1. The van der Waals surface area contributed by atoms with Crippen molar-refractivity contribution in [2.45, 2.75) is 38.6 Å². The number of hydrogen-bond donors (Lipinski definition) is 0. The van der Waals surface area contributed by atoms with Crippen LogP contribution in [0.4, 0.5) is 0 Å². The van der Waals surface area contributed by atoms with Gasteiger partial charge in [-0.2, -0.15) is 0 Å². The summed E-state index contributed by atoms with van der Waals surface area (Å²) in [6.07, 6.45) is 2.41. The fourth-order valence-electron chi connectivity index (χ4n) is 1.64. The zero-order valence-corrected chi connectivity index (χ0v) is 12.9. The molecule has 0 amide bonds. The second-order valence-corrected chi connectivity index (χ2v) is 4.87. The summed E-state index contributed by atoms with van der Waals surface area (Å²) in [5.74, 6) is -1.11. The van der Waals surface area contributed by atoms with Crippen molar-refractivity contribution in [3.8, 4) is 0 Å². The highest BCUT2D eigenvalue weighted by molar-refractivity contribution is 6.08. The fourth-order valence-corrected chi connectivity index (χ4v) is 2.25. The Labute approximate surface area is 105 Å². The molecular formula is C11H22O5Si. The molecule has 1 saturated heterocycles. The third kappa shape index (κ3) is 6.77. The average Bonchev–Trinajstić information content (AvgIpc) is 3.00. The van der Waals surface area contributed by atoms with Gasteiger partial charge in [-0.05, 0) is 6.42 Å². The van der Waals surface area contributed by atoms with Gasteiger partial charge in [-0.15, -0.1) is 0 Å². The minimum atomic E-state index is -0.799. The molecule has 1 aliphatic heterocycles. The van der Waals surface area contributed by atoms with Crippen molar-refractivity contribution >= 4 is 16.2 Å². The monoisotopic (exact) mass is 262 g/mol. The van der Waals surface area contributed by atoms with Crippen LogP contribution in [0, 0.1) is 0 Å². The summed E-state index contributed by atoms with van der Waals surface area (Å²) in [5, 5.41) is 0. The van der Waals surface area contributed by atoms with Crippen LogP contribution in [0.15, 0.2) is 0 Å². The van der Waals surface area contributed by atoms with Gasteiger partial charge in [0.1, 0.15) is 6.10 Å². The van der Waals surface area contributed by atoms with Crippen molar-refractivity contribution in [1.29, 1.82) is 0 Å². The average molecular weight is 262 g/mol. The van der Waals surface area contributed by atoms with E-state index in [1.54, 1.807) is 6.92 Å². The van der Waals surface area contributed by atoms with Crippen molar-refractivity contribution in [3.63, 3.8) is 0 Å². The molecule has 2 atom stereocenters. The Morgan fingerprint density at radius 3 is 2.82 bits per heavy atom. The first kappa shape index (κ1) is 14.6. The lowest BCUT2D eigenvalue weighted by molar-refractivity contribution is -0.218. The van der Waals surface area contributed by atoms with E-state index in [2.05, 4.69) is 0 Å². The molecule has 1 fully saturated rings. The molecule has 2 unspecified atom stereocenters. The quantitative estimate of drug-likeness (QED) is 0.189. The Balaban J connectivity index is 2.14. The highest BCUT2D eigenvalue weighted by Crippen LogP contribution is 2.19. The first-order valence-corrected chi connectivity index (χ1v) is 7.50. The van der Waals surface area contributed by atoms with Crippen LogP contribution in [0.3, 0.4) is 0 Å². The second-order valence-electron chi connectivity index (χ2n) is 4.29. The SMILES string of the molecule is CC(=O)OC(C)(CCCOCC1CO1)OC[SiH3]. The van der Waals surface area contributed by atoms with E-state index >= 15 is 0 Å². The molecule has 0 saturated carbocycles. The van der Waals surface area contributed by atoms with E-state index in [0.29, 0.717) is 32.0 Å². The lowest BCUT2D eigenvalue weighted by Crippen LogP contribution is -2.35. The van der Waals surface area contributed by atoms with Crippen LogP contribution in [0.5, 0.6) is 0 Å². The third-order valence-corrected chi connectivity index (χ3v) is 2.72. The van der Waals surface area contributed by atoms with Crippen molar-refractivity contribution in [2.24, 2.45) is 0 Å². The third-order valence-electron chi connectivity index (χ3n) is 2.43. The van der Waals surface area contributed by atoms with E-state index < -0.39 is 5.79 Å². The summed E-state index contributed by atoms with van der Waals surface area (Å²) in [6, 6.07) is 0. The normalized spacial score (nSPS) is 22.1. The van der Waals surface area contributed by atoms with Gasteiger partial charge in [0, 0.05) is 43.3 Å². The van der Waals surface area contributed by atoms with Gasteiger partial charge in [0.15, 0.2) is 0 Å². The van der Waals surface area contributed by atoms with Gasteiger partial charge in [-0.1, -0.05) is 0 Å². The maximum Gasteiger partial charge on any atom is 0.305 e. The van der Waals surface area contributed by atoms with E-state index in [4.69, 9.17) is 18.9 Å². The molecule has 5 nitrogen and oxygen atoms in total. The van der Waals surface area contributed by atoms with Crippen LogP contribution >= 0.6 is 0 Å². The van der Waals surface area contributed by atoms with Crippen molar-refractivity contribution in [2.75, 3.05) is 26.1 Å². The van der Waals surface area contributed by atoms with Gasteiger partial charge in [0.05, 0.1) is 13.2 Å². The smallest absolute Gasteiger partial charge is 0.305 e. The van der Waals surface area contributed by atoms with Crippen LogP contribution < -0.4 is 0 Å². The zero-order chi connectivity index (χ0) is 12.7. The topological polar surface area (TPSA) is 57.3 Å². The summed E-state index contributed by atoms with van der Waals surface area (Å²) < 4.78 is 21.2. The van der Waals surface area contributed by atoms with E-state index in [9.17, 15) is 4.79 Å². The number of hydrogen-bond acceptors (Lipinski definition) is 5. The molecule has 0 N–H and O–H groups in total. The van der Waals surface area contributed by atoms with Crippen molar-refractivity contribution < 1.29 is 23.7 Å². The number of epoxide rings is 1. The number of carbonyl (C=O) groups is 1. The molecule has 6 heteroatoms. The van der Waals surface area contributed by atoms with Gasteiger partial charge in [-0.25, -0.2) is 0 Å². The number of ether oxygens (including phenoxy) is 4. The first-order chi connectivity index (χ1) is 8.06. The highest BCUT2D eigenvalue weighted by atomic mass is 28.1. The molecule has 17 heavy (non-hydrogen) atoms. The summed E-state index contributed by atoms with van der Waals surface area (Å²) >= 11 is 0. The Morgan fingerprint density at radius 1 is 1.59 bits per heavy atom. The van der Waals surface area contributed by atoms with E-state index in [0.717, 1.165) is 23.3 Å². The lowest BCUT2D eigenvalue weighted by Gasteiger charge is -2.28. The molecule has 1 heterocycles. The molecule has 0 aliphatic carbocycles. The maximum absolute atomic E-state index is 11.0. The molecule has 0 radical (unpaired) electrons. The second kappa shape index (κ2) is 7.10. The number of carbonyl (C=O) groups excluding carboxylic acids is 1. The van der Waals surface area contributed by atoms with Gasteiger partial charge in [0.2, 0.25) is 5.79 Å². The predicted octanol–water partition coefficient (Wildman–Crippen LogP) is -0.199. The molecule has 0 spiro atoms. The molecule has 1 rings (SSSR count). The van der Waals surface area contributed by atoms with Crippen LogP contribution in [0.1, 0.15) is 26.7 Å². The van der Waals surface area contributed by atoms with Crippen molar-refractivity contribution in [1.82, 2.24) is 0 Å². The minimum absolute atomic E-state index is 0.299. The van der Waals surface area contributed by atoms with Gasteiger partial charge >= 0.3 is 5.97 Å². The Hall–Kier alpha value is -0.433. The van der Waals surface area contributed by atoms with Crippen LogP contribution in [0.2, 0.25) is 0 Å².